The molecule has 0 saturated heterocycles. The van der Waals surface area contributed by atoms with Crippen molar-refractivity contribution in [2.24, 2.45) is 0 Å². The van der Waals surface area contributed by atoms with Crippen molar-refractivity contribution in [1.29, 1.82) is 0 Å². The van der Waals surface area contributed by atoms with Gasteiger partial charge in [0, 0.05) is 61.7 Å². The number of fused-ring (bicyclic) bond motifs is 2. The fourth-order valence-electron chi connectivity index (χ4n) is 5.50. The first kappa shape index (κ1) is 36.4. The van der Waals surface area contributed by atoms with Gasteiger partial charge in [0.1, 0.15) is 6.54 Å². The Kier molecular flexibility index (Phi) is 13.8. The number of unbranched alkanes of at least 4 members (excludes halogenated alkanes) is 4. The highest BCUT2D eigenvalue weighted by Crippen LogP contribution is 2.40. The fraction of sp³-hybridized carbons (Fsp3) is 0.556. The fourth-order valence-corrected chi connectivity index (χ4v) is 5.90. The van der Waals surface area contributed by atoms with Crippen LogP contribution in [-0.4, -0.2) is 50.0 Å². The Labute approximate surface area is 267 Å². The Morgan fingerprint density at radius 3 is 1.84 bits per heavy atom. The van der Waals surface area contributed by atoms with Crippen molar-refractivity contribution in [2.75, 3.05) is 11.9 Å². The summed E-state index contributed by atoms with van der Waals surface area (Å²) < 4.78 is 2.41. The lowest BCUT2D eigenvalue weighted by Gasteiger charge is -2.15. The number of aryl methyl sites for hydroxylation is 2. The van der Waals surface area contributed by atoms with Gasteiger partial charge in [-0.2, -0.15) is 4.58 Å². The van der Waals surface area contributed by atoms with E-state index in [0.717, 1.165) is 50.4 Å². The predicted octanol–water partition coefficient (Wildman–Crippen LogP) is 7.52. The third-order valence-corrected chi connectivity index (χ3v) is 9.39. The van der Waals surface area contributed by atoms with Crippen LogP contribution >= 0.6 is 15.9 Å². The van der Waals surface area contributed by atoms with Crippen LogP contribution in [0.25, 0.3) is 0 Å². The molecule has 0 saturated carbocycles. The summed E-state index contributed by atoms with van der Waals surface area (Å²) in [6, 6.07) is 13.3. The molecule has 2 heterocycles. The van der Waals surface area contributed by atoms with Crippen molar-refractivity contribution in [3.05, 3.63) is 58.7 Å². The second kappa shape index (κ2) is 16.3. The van der Waals surface area contributed by atoms with E-state index in [2.05, 4.69) is 117 Å². The normalized spacial score (nSPS) is 15.4. The van der Waals surface area contributed by atoms with Gasteiger partial charge in [0.15, 0.2) is 11.4 Å². The molecule has 0 fully saturated rings. The summed E-state index contributed by atoms with van der Waals surface area (Å²) in [6.07, 6.45) is 6.26. The lowest BCUT2D eigenvalue weighted by molar-refractivity contribution is -0.439. The Hall–Kier alpha value is -2.80. The Morgan fingerprint density at radius 1 is 0.744 bits per heavy atom. The van der Waals surface area contributed by atoms with E-state index in [1.165, 1.54) is 45.1 Å². The maximum atomic E-state index is 10.5. The molecule has 0 atom stereocenters. The molecule has 2 aliphatic rings. The summed E-state index contributed by atoms with van der Waals surface area (Å²) >= 11 is 3.27. The summed E-state index contributed by atoms with van der Waals surface area (Å²) in [4.78, 5) is 23.9. The van der Waals surface area contributed by atoms with Gasteiger partial charge in [-0.25, -0.2) is 4.99 Å². The second-order valence-corrected chi connectivity index (χ2v) is 13.7. The predicted molar refractivity (Wildman–Crippen MR) is 181 cm³/mol. The maximum absolute atomic E-state index is 10.5. The minimum atomic E-state index is -0.694. The smallest absolute Gasteiger partial charge is 0.303 e. The van der Waals surface area contributed by atoms with Crippen molar-refractivity contribution >= 4 is 50.7 Å². The van der Waals surface area contributed by atoms with Crippen LogP contribution in [0.1, 0.15) is 115 Å². The maximum Gasteiger partial charge on any atom is 0.303 e. The highest BCUT2D eigenvalue weighted by Gasteiger charge is 2.42. The summed E-state index contributed by atoms with van der Waals surface area (Å²) in [6.45, 7) is 18.7. The first-order valence-electron chi connectivity index (χ1n) is 15.6. The molecule has 4 rings (SSSR count). The van der Waals surface area contributed by atoms with Gasteiger partial charge in [0.05, 0.1) is 10.8 Å². The molecule has 6 nitrogen and oxygen atoms in total. The van der Waals surface area contributed by atoms with E-state index in [0.29, 0.717) is 6.42 Å². The molecule has 43 heavy (non-hydrogen) atoms. The van der Waals surface area contributed by atoms with Gasteiger partial charge in [0.25, 0.3) is 0 Å². The van der Waals surface area contributed by atoms with Crippen LogP contribution < -0.4 is 4.99 Å². The lowest BCUT2D eigenvalue weighted by atomic mass is 9.82. The topological polar surface area (TPSA) is 91.6 Å². The molecule has 0 unspecified atom stereocenters. The Morgan fingerprint density at radius 2 is 1.28 bits per heavy atom. The Bertz CT molecular complexity index is 1340. The second-order valence-electron chi connectivity index (χ2n) is 12.9. The van der Waals surface area contributed by atoms with E-state index in [1.54, 1.807) is 0 Å². The molecular formula is C36H53BrN2O4+2. The number of hydrogen-bond donors (Lipinski definition) is 3. The van der Waals surface area contributed by atoms with Gasteiger partial charge in [-0.15, -0.1) is 0 Å². The number of carboxylic acid groups (broad SMARTS) is 2. The first-order valence-corrected chi connectivity index (χ1v) is 16.7. The zero-order valence-electron chi connectivity index (χ0n) is 27.6. The standard InChI is InChI=1S/C18H25NO2.C12H15N.C6H11BrO2/c1-13-9-10-16-15(12-13)18(3,4)14(2)19(16)11-7-5-6-8-17(20)21;1-8-5-6-11-10(7-8)12(3,4)9(2)13-11;7-5-3-1-2-4-6(8)9/h9-10,12H,5-8,11H2,1-4H3;5-7H,1-4H3;1-5H2,(H,8,9)/p+2. The van der Waals surface area contributed by atoms with Crippen LogP contribution in [0.5, 0.6) is 0 Å². The number of nitrogens with one attached hydrogen (secondary N) is 1. The number of nitrogens with zero attached hydrogens (tertiary/aromatic N) is 1. The third-order valence-electron chi connectivity index (χ3n) is 8.83. The van der Waals surface area contributed by atoms with Gasteiger partial charge in [0.2, 0.25) is 11.4 Å². The number of benzene rings is 2. The van der Waals surface area contributed by atoms with Crippen molar-refractivity contribution in [1.82, 2.24) is 0 Å². The minimum Gasteiger partial charge on any atom is -0.481 e. The number of halogens is 1. The van der Waals surface area contributed by atoms with Crippen molar-refractivity contribution in [3.63, 3.8) is 0 Å². The van der Waals surface area contributed by atoms with Gasteiger partial charge in [-0.3, -0.25) is 9.59 Å². The minimum absolute atomic E-state index is 0.0857. The molecular weight excluding hydrogens is 604 g/mol. The van der Waals surface area contributed by atoms with E-state index < -0.39 is 11.9 Å². The average Bonchev–Trinajstić information content (AvgIpc) is 3.27. The number of carboxylic acids is 2. The van der Waals surface area contributed by atoms with Crippen LogP contribution in [0.4, 0.5) is 11.4 Å². The first-order chi connectivity index (χ1) is 20.1. The molecule has 3 N–H and O–H groups in total. The van der Waals surface area contributed by atoms with Crippen molar-refractivity contribution < 1.29 is 29.4 Å². The molecule has 236 valence electrons. The van der Waals surface area contributed by atoms with Crippen LogP contribution in [0.15, 0.2) is 36.4 Å². The van der Waals surface area contributed by atoms with E-state index in [4.69, 9.17) is 10.2 Å². The number of carbonyl (C=O) groups is 2. The third kappa shape index (κ3) is 10.1. The SMILES string of the molecule is CC1=[N+](CCCCCC(=O)O)c2ccc(C)cc2C1(C)C.CC1=[NH+]c2ccc(C)cc2C1(C)C.O=C(O)CCCCCBr. The zero-order chi connectivity index (χ0) is 32.4. The van der Waals surface area contributed by atoms with Crippen LogP contribution in [0, 0.1) is 13.8 Å². The molecule has 0 aliphatic carbocycles. The van der Waals surface area contributed by atoms with Gasteiger partial charge in [-0.05, 0) is 79.4 Å². The summed E-state index contributed by atoms with van der Waals surface area (Å²) in [5.74, 6) is -1.38. The molecule has 0 spiro atoms. The van der Waals surface area contributed by atoms with Crippen LogP contribution in [0.3, 0.4) is 0 Å². The highest BCUT2D eigenvalue weighted by atomic mass is 79.9. The van der Waals surface area contributed by atoms with E-state index in [1.807, 2.05) is 0 Å². The number of alkyl halides is 1. The zero-order valence-corrected chi connectivity index (χ0v) is 29.2. The molecule has 7 heteroatoms. The number of hydrogen-bond acceptors (Lipinski definition) is 2. The van der Waals surface area contributed by atoms with E-state index >= 15 is 0 Å². The monoisotopic (exact) mass is 656 g/mol. The molecule has 2 aromatic rings. The van der Waals surface area contributed by atoms with Crippen LogP contribution in [-0.2, 0) is 20.4 Å². The summed E-state index contributed by atoms with van der Waals surface area (Å²) in [7, 11) is 0. The number of aliphatic carboxylic acids is 2. The Balaban J connectivity index is 0.000000250. The molecule has 0 aromatic heterocycles. The van der Waals surface area contributed by atoms with E-state index in [9.17, 15) is 9.59 Å². The van der Waals surface area contributed by atoms with Gasteiger partial charge in [-0.1, -0.05) is 45.6 Å². The molecule has 2 aromatic carbocycles. The quantitative estimate of drug-likeness (QED) is 0.133. The highest BCUT2D eigenvalue weighted by molar-refractivity contribution is 9.09. The largest absolute Gasteiger partial charge is 0.481 e. The van der Waals surface area contributed by atoms with E-state index in [-0.39, 0.29) is 17.3 Å². The lowest BCUT2D eigenvalue weighted by Crippen LogP contribution is -2.64. The molecule has 0 bridgehead atoms. The van der Waals surface area contributed by atoms with Crippen molar-refractivity contribution in [2.45, 2.75) is 118 Å². The molecule has 0 radical (unpaired) electrons. The van der Waals surface area contributed by atoms with Gasteiger partial charge >= 0.3 is 11.9 Å². The molecule has 2 aliphatic heterocycles. The van der Waals surface area contributed by atoms with Gasteiger partial charge < -0.3 is 10.2 Å². The summed E-state index contributed by atoms with van der Waals surface area (Å²) in [5, 5.41) is 17.9. The van der Waals surface area contributed by atoms with Crippen molar-refractivity contribution in [3.8, 4) is 0 Å². The van der Waals surface area contributed by atoms with Crippen LogP contribution in [0.2, 0.25) is 0 Å². The number of rotatable bonds is 11. The average molecular weight is 658 g/mol. The summed E-state index contributed by atoms with van der Waals surface area (Å²) in [5.41, 5.74) is 11.1. The molecule has 0 amide bonds.